The molecular formula is C36H54O3. The predicted octanol–water partition coefficient (Wildman–Crippen LogP) is 10.5. The van der Waals surface area contributed by atoms with Crippen molar-refractivity contribution in [1.82, 2.24) is 0 Å². The molecule has 0 aliphatic heterocycles. The second-order valence-electron chi connectivity index (χ2n) is 13.9. The first kappa shape index (κ1) is 28.7. The largest absolute Gasteiger partial charge is 0.514 e. The number of fused-ring (bicyclic) bond motifs is 5. The molecule has 4 aliphatic carbocycles. The Hall–Kier alpha value is -1.77. The number of carbonyl (C=O) groups is 1. The van der Waals surface area contributed by atoms with E-state index in [2.05, 4.69) is 33.8 Å². The Labute approximate surface area is 238 Å². The minimum absolute atomic E-state index is 0.0655. The summed E-state index contributed by atoms with van der Waals surface area (Å²) in [5.41, 5.74) is 3.44. The third-order valence-electron chi connectivity index (χ3n) is 12.0. The number of unbranched alkanes of at least 4 members (excludes halogenated alkanes) is 5. The van der Waals surface area contributed by atoms with Crippen LogP contribution in [0.5, 0.6) is 5.75 Å². The van der Waals surface area contributed by atoms with Gasteiger partial charge in [0.15, 0.2) is 0 Å². The van der Waals surface area contributed by atoms with Gasteiger partial charge in [0.25, 0.3) is 0 Å². The first-order valence-corrected chi connectivity index (χ1v) is 16.5. The van der Waals surface area contributed by atoms with E-state index >= 15 is 0 Å². The highest BCUT2D eigenvalue weighted by Gasteiger charge is 2.58. The molecule has 4 aliphatic rings. The molecule has 1 aromatic rings. The maximum absolute atomic E-state index is 12.7. The van der Waals surface area contributed by atoms with Gasteiger partial charge in [0.1, 0.15) is 11.9 Å². The summed E-state index contributed by atoms with van der Waals surface area (Å²) in [6, 6.07) is 7.76. The van der Waals surface area contributed by atoms with E-state index in [0.717, 1.165) is 54.9 Å². The number of hydrogen-bond donors (Lipinski definition) is 0. The van der Waals surface area contributed by atoms with Crippen molar-refractivity contribution in [2.24, 2.45) is 34.5 Å². The fourth-order valence-corrected chi connectivity index (χ4v) is 9.63. The van der Waals surface area contributed by atoms with E-state index in [9.17, 15) is 4.79 Å². The quantitative estimate of drug-likeness (QED) is 0.130. The van der Waals surface area contributed by atoms with Crippen LogP contribution in [0.1, 0.15) is 130 Å². The fourth-order valence-electron chi connectivity index (χ4n) is 9.63. The van der Waals surface area contributed by atoms with Crippen LogP contribution in [0.4, 0.5) is 4.79 Å². The standard InChI is InChI=1S/C36H54O3/c1-5-7-8-9-10-11-15-27-18-20-31-30-19-17-28-25-29(21-23-36(28,4)32(30)22-24-35(27,31)3)38-34(37)39-33-16-13-12-14-26(33)6-2/h12-14,16-17,27,29-32H,5-11,15,18-25H2,1-4H3/t27-,29-,30+,31+,32-,35+,36-/m0/s1. The molecule has 3 fully saturated rings. The van der Waals surface area contributed by atoms with Crippen LogP contribution < -0.4 is 4.74 Å². The molecule has 216 valence electrons. The smallest absolute Gasteiger partial charge is 0.430 e. The number of benzene rings is 1. The normalized spacial score (nSPS) is 35.4. The fraction of sp³-hybridized carbons (Fsp3) is 0.750. The number of hydrogen-bond acceptors (Lipinski definition) is 3. The highest BCUT2D eigenvalue weighted by atomic mass is 16.7. The Morgan fingerprint density at radius 1 is 0.923 bits per heavy atom. The summed E-state index contributed by atoms with van der Waals surface area (Å²) >= 11 is 0. The molecule has 0 radical (unpaired) electrons. The molecule has 5 rings (SSSR count). The van der Waals surface area contributed by atoms with Crippen molar-refractivity contribution in [2.45, 2.75) is 137 Å². The minimum Gasteiger partial charge on any atom is -0.430 e. The van der Waals surface area contributed by atoms with E-state index in [1.54, 1.807) is 5.57 Å². The molecule has 0 spiro atoms. The zero-order chi connectivity index (χ0) is 27.5. The lowest BCUT2D eigenvalue weighted by Crippen LogP contribution is -2.50. The Morgan fingerprint density at radius 3 is 2.54 bits per heavy atom. The highest BCUT2D eigenvalue weighted by Crippen LogP contribution is 2.66. The van der Waals surface area contributed by atoms with E-state index in [-0.39, 0.29) is 11.5 Å². The summed E-state index contributed by atoms with van der Waals surface area (Å²) < 4.78 is 11.5. The van der Waals surface area contributed by atoms with Crippen molar-refractivity contribution in [3.63, 3.8) is 0 Å². The number of allylic oxidation sites excluding steroid dienone is 1. The average Bonchev–Trinajstić information content (AvgIpc) is 3.27. The second kappa shape index (κ2) is 12.4. The molecule has 0 amide bonds. The molecule has 3 saturated carbocycles. The molecule has 0 bridgehead atoms. The molecule has 7 atom stereocenters. The highest BCUT2D eigenvalue weighted by molar-refractivity contribution is 5.64. The Kier molecular flexibility index (Phi) is 9.14. The lowest BCUT2D eigenvalue weighted by molar-refractivity contribution is -0.0538. The zero-order valence-corrected chi connectivity index (χ0v) is 25.3. The van der Waals surface area contributed by atoms with Crippen LogP contribution in [0.3, 0.4) is 0 Å². The number of para-hydroxylation sites is 1. The van der Waals surface area contributed by atoms with Crippen LogP contribution in [-0.4, -0.2) is 12.3 Å². The van der Waals surface area contributed by atoms with Crippen LogP contribution in [-0.2, 0) is 11.2 Å². The molecule has 0 heterocycles. The number of aryl methyl sites for hydroxylation is 1. The lowest BCUT2D eigenvalue weighted by atomic mass is 9.47. The summed E-state index contributed by atoms with van der Waals surface area (Å²) in [5, 5.41) is 0. The first-order chi connectivity index (χ1) is 18.9. The Morgan fingerprint density at radius 2 is 1.72 bits per heavy atom. The average molecular weight is 535 g/mol. The van der Waals surface area contributed by atoms with Crippen LogP contribution in [0.25, 0.3) is 0 Å². The molecule has 0 saturated heterocycles. The Bertz CT molecular complexity index is 1010. The molecule has 0 aromatic heterocycles. The van der Waals surface area contributed by atoms with Crippen LogP contribution in [0, 0.1) is 34.5 Å². The SMILES string of the molecule is CCCCCCCC[C@H]1CC[C@@H]2[C@H]3CC=C4C[C@@H](OC(=O)Oc5ccccc5CC)CC[C@]4(C)[C@H]3CC[C@]12C. The summed E-state index contributed by atoms with van der Waals surface area (Å²) in [6.45, 7) is 9.61. The van der Waals surface area contributed by atoms with Gasteiger partial charge >= 0.3 is 6.16 Å². The maximum atomic E-state index is 12.7. The van der Waals surface area contributed by atoms with E-state index in [4.69, 9.17) is 9.47 Å². The lowest BCUT2D eigenvalue weighted by Gasteiger charge is -2.58. The van der Waals surface area contributed by atoms with Gasteiger partial charge in [-0.15, -0.1) is 0 Å². The summed E-state index contributed by atoms with van der Waals surface area (Å²) in [5.74, 6) is 4.12. The molecule has 39 heavy (non-hydrogen) atoms. The third-order valence-corrected chi connectivity index (χ3v) is 12.0. The first-order valence-electron chi connectivity index (χ1n) is 16.5. The number of rotatable bonds is 10. The van der Waals surface area contributed by atoms with Crippen molar-refractivity contribution >= 4 is 6.16 Å². The Balaban J connectivity index is 1.18. The summed E-state index contributed by atoms with van der Waals surface area (Å²) in [4.78, 5) is 12.7. The van der Waals surface area contributed by atoms with E-state index < -0.39 is 6.16 Å². The van der Waals surface area contributed by atoms with E-state index in [0.29, 0.717) is 11.2 Å². The van der Waals surface area contributed by atoms with Gasteiger partial charge in [-0.1, -0.05) is 96.1 Å². The van der Waals surface area contributed by atoms with Crippen LogP contribution >= 0.6 is 0 Å². The van der Waals surface area contributed by atoms with Crippen molar-refractivity contribution in [1.29, 1.82) is 0 Å². The molecule has 3 nitrogen and oxygen atoms in total. The van der Waals surface area contributed by atoms with Crippen molar-refractivity contribution in [3.05, 3.63) is 41.5 Å². The maximum Gasteiger partial charge on any atom is 0.514 e. The molecule has 0 unspecified atom stereocenters. The van der Waals surface area contributed by atoms with Gasteiger partial charge in [0.2, 0.25) is 0 Å². The third kappa shape index (κ3) is 5.84. The molecule has 0 N–H and O–H groups in total. The molecule has 1 aromatic carbocycles. The summed E-state index contributed by atoms with van der Waals surface area (Å²) in [6.07, 6.45) is 22.7. The topological polar surface area (TPSA) is 35.5 Å². The number of carbonyl (C=O) groups excluding carboxylic acids is 1. The van der Waals surface area contributed by atoms with Gasteiger partial charge in [-0.3, -0.25) is 0 Å². The van der Waals surface area contributed by atoms with Crippen molar-refractivity contribution in [3.8, 4) is 5.75 Å². The van der Waals surface area contributed by atoms with Crippen LogP contribution in [0.15, 0.2) is 35.9 Å². The summed E-state index contributed by atoms with van der Waals surface area (Å²) in [7, 11) is 0. The molecule has 3 heteroatoms. The van der Waals surface area contributed by atoms with Gasteiger partial charge < -0.3 is 9.47 Å². The zero-order valence-electron chi connectivity index (χ0n) is 25.3. The predicted molar refractivity (Wildman–Crippen MR) is 160 cm³/mol. The molecular weight excluding hydrogens is 480 g/mol. The second-order valence-corrected chi connectivity index (χ2v) is 13.9. The van der Waals surface area contributed by atoms with Crippen molar-refractivity contribution in [2.75, 3.05) is 0 Å². The van der Waals surface area contributed by atoms with Gasteiger partial charge in [0, 0.05) is 6.42 Å². The van der Waals surface area contributed by atoms with Crippen LogP contribution in [0.2, 0.25) is 0 Å². The van der Waals surface area contributed by atoms with Gasteiger partial charge in [0.05, 0.1) is 0 Å². The van der Waals surface area contributed by atoms with E-state index in [1.807, 2.05) is 24.3 Å². The van der Waals surface area contributed by atoms with Crippen molar-refractivity contribution < 1.29 is 14.3 Å². The van der Waals surface area contributed by atoms with Gasteiger partial charge in [-0.2, -0.15) is 0 Å². The van der Waals surface area contributed by atoms with Gasteiger partial charge in [-0.05, 0) is 104 Å². The van der Waals surface area contributed by atoms with E-state index in [1.165, 1.54) is 77.0 Å². The number of ether oxygens (including phenoxy) is 2. The monoisotopic (exact) mass is 534 g/mol. The van der Waals surface area contributed by atoms with Gasteiger partial charge in [-0.25, -0.2) is 4.79 Å². The minimum atomic E-state index is -0.547.